The zero-order valence-corrected chi connectivity index (χ0v) is 8.44. The van der Waals surface area contributed by atoms with Crippen LogP contribution in [0.3, 0.4) is 0 Å². The topological polar surface area (TPSA) is 12.9 Å². The Balaban J connectivity index is 0.000001000. The number of rotatable bonds is 1. The predicted molar refractivity (Wildman–Crippen MR) is 51.1 cm³/mol. The number of halogens is 4. The first kappa shape index (κ1) is 11.3. The minimum Gasteiger partial charge on any atom is -0.257 e. The average molecular weight is 233 g/mol. The molecule has 0 N–H and O–H groups in total. The summed E-state index contributed by atoms with van der Waals surface area (Å²) in [6.07, 6.45) is 1.52. The SMILES string of the molecule is Cl.ClCc1ncc(Cl)cc1Cl. The van der Waals surface area contributed by atoms with Crippen molar-refractivity contribution in [1.82, 2.24) is 4.98 Å². The number of hydrogen-bond donors (Lipinski definition) is 0. The van der Waals surface area contributed by atoms with Gasteiger partial charge in [-0.05, 0) is 6.07 Å². The molecule has 0 aliphatic rings. The number of hydrogen-bond acceptors (Lipinski definition) is 1. The second kappa shape index (κ2) is 5.04. The molecule has 1 rings (SSSR count). The van der Waals surface area contributed by atoms with Gasteiger partial charge in [-0.15, -0.1) is 24.0 Å². The average Bonchev–Trinajstić information content (AvgIpc) is 1.88. The molecular formula is C6H5Cl4N. The third-order valence-corrected chi connectivity index (χ3v) is 1.80. The number of aromatic nitrogens is 1. The van der Waals surface area contributed by atoms with Crippen molar-refractivity contribution in [2.75, 3.05) is 0 Å². The first-order valence-electron chi connectivity index (χ1n) is 2.60. The van der Waals surface area contributed by atoms with Crippen LogP contribution in [0.2, 0.25) is 10.0 Å². The molecule has 1 nitrogen and oxygen atoms in total. The third kappa shape index (κ3) is 3.04. The molecule has 0 radical (unpaired) electrons. The first-order chi connectivity index (χ1) is 4.74. The summed E-state index contributed by atoms with van der Waals surface area (Å²) in [5, 5.41) is 1.04. The Labute approximate surface area is 86.1 Å². The van der Waals surface area contributed by atoms with Crippen molar-refractivity contribution in [1.29, 1.82) is 0 Å². The Kier molecular flexibility index (Phi) is 5.19. The molecule has 5 heteroatoms. The van der Waals surface area contributed by atoms with Crippen LogP contribution in [-0.4, -0.2) is 4.98 Å². The van der Waals surface area contributed by atoms with E-state index in [-0.39, 0.29) is 12.4 Å². The lowest BCUT2D eigenvalue weighted by molar-refractivity contribution is 1.17. The van der Waals surface area contributed by atoms with Crippen LogP contribution in [0.1, 0.15) is 5.69 Å². The molecule has 0 aliphatic heterocycles. The number of nitrogens with zero attached hydrogens (tertiary/aromatic N) is 1. The van der Waals surface area contributed by atoms with Crippen molar-refractivity contribution >= 4 is 47.2 Å². The fourth-order valence-electron chi connectivity index (χ4n) is 0.541. The van der Waals surface area contributed by atoms with E-state index in [2.05, 4.69) is 4.98 Å². The molecule has 0 spiro atoms. The minimum absolute atomic E-state index is 0. The zero-order valence-electron chi connectivity index (χ0n) is 5.35. The first-order valence-corrected chi connectivity index (χ1v) is 3.89. The molecule has 11 heavy (non-hydrogen) atoms. The van der Waals surface area contributed by atoms with Crippen LogP contribution in [0.15, 0.2) is 12.3 Å². The summed E-state index contributed by atoms with van der Waals surface area (Å²) in [6.45, 7) is 0. The molecule has 0 fully saturated rings. The lowest BCUT2D eigenvalue weighted by atomic mass is 10.4. The van der Waals surface area contributed by atoms with Crippen LogP contribution >= 0.6 is 47.2 Å². The Morgan fingerprint density at radius 1 is 1.36 bits per heavy atom. The van der Waals surface area contributed by atoms with Crippen molar-refractivity contribution < 1.29 is 0 Å². The summed E-state index contributed by atoms with van der Waals surface area (Å²) in [6, 6.07) is 1.62. The van der Waals surface area contributed by atoms with Gasteiger partial charge < -0.3 is 0 Å². The van der Waals surface area contributed by atoms with Crippen molar-refractivity contribution in [2.45, 2.75) is 5.88 Å². The van der Waals surface area contributed by atoms with Gasteiger partial charge in [-0.2, -0.15) is 0 Å². The van der Waals surface area contributed by atoms with E-state index >= 15 is 0 Å². The highest BCUT2D eigenvalue weighted by Gasteiger charge is 1.99. The summed E-state index contributed by atoms with van der Waals surface area (Å²) in [7, 11) is 0. The molecule has 0 bridgehead atoms. The van der Waals surface area contributed by atoms with Gasteiger partial charge in [0.05, 0.1) is 21.6 Å². The van der Waals surface area contributed by atoms with Crippen LogP contribution in [0.4, 0.5) is 0 Å². The Bertz CT molecular complexity index is 238. The van der Waals surface area contributed by atoms with Gasteiger partial charge in [0.15, 0.2) is 0 Å². The van der Waals surface area contributed by atoms with E-state index in [1.807, 2.05) is 0 Å². The quantitative estimate of drug-likeness (QED) is 0.675. The van der Waals surface area contributed by atoms with Crippen molar-refractivity contribution in [2.24, 2.45) is 0 Å². The summed E-state index contributed by atoms with van der Waals surface area (Å²) in [5.41, 5.74) is 0.660. The maximum absolute atomic E-state index is 5.70. The van der Waals surface area contributed by atoms with Gasteiger partial charge in [-0.1, -0.05) is 23.2 Å². The molecule has 1 aromatic heterocycles. The van der Waals surface area contributed by atoms with Gasteiger partial charge >= 0.3 is 0 Å². The lowest BCUT2D eigenvalue weighted by Gasteiger charge is -1.96. The van der Waals surface area contributed by atoms with Crippen LogP contribution in [0.25, 0.3) is 0 Å². The monoisotopic (exact) mass is 231 g/mol. The predicted octanol–water partition coefficient (Wildman–Crippen LogP) is 3.55. The number of pyridine rings is 1. The molecule has 0 amide bonds. The van der Waals surface area contributed by atoms with Crippen molar-refractivity contribution in [3.8, 4) is 0 Å². The molecule has 0 aliphatic carbocycles. The van der Waals surface area contributed by atoms with Crippen molar-refractivity contribution in [3.05, 3.63) is 28.0 Å². The van der Waals surface area contributed by atoms with E-state index in [9.17, 15) is 0 Å². The van der Waals surface area contributed by atoms with Crippen LogP contribution in [0.5, 0.6) is 0 Å². The number of alkyl halides is 1. The summed E-state index contributed by atoms with van der Waals surface area (Å²) in [4.78, 5) is 3.90. The van der Waals surface area contributed by atoms with Crippen molar-refractivity contribution in [3.63, 3.8) is 0 Å². The Morgan fingerprint density at radius 3 is 2.45 bits per heavy atom. The molecule has 0 saturated carbocycles. The summed E-state index contributed by atoms with van der Waals surface area (Å²) in [5.74, 6) is 0.315. The summed E-state index contributed by atoms with van der Waals surface area (Å²) >= 11 is 16.8. The smallest absolute Gasteiger partial charge is 0.0738 e. The van der Waals surface area contributed by atoms with E-state index in [1.165, 1.54) is 6.20 Å². The zero-order chi connectivity index (χ0) is 7.56. The van der Waals surface area contributed by atoms with Gasteiger partial charge in [-0.3, -0.25) is 4.98 Å². The fourth-order valence-corrected chi connectivity index (χ4v) is 1.27. The van der Waals surface area contributed by atoms with Crippen LogP contribution < -0.4 is 0 Å². The van der Waals surface area contributed by atoms with Gasteiger partial charge in [0.2, 0.25) is 0 Å². The van der Waals surface area contributed by atoms with Gasteiger partial charge in [0.25, 0.3) is 0 Å². The van der Waals surface area contributed by atoms with E-state index < -0.39 is 0 Å². The van der Waals surface area contributed by atoms with E-state index in [4.69, 9.17) is 34.8 Å². The van der Waals surface area contributed by atoms with E-state index in [0.29, 0.717) is 21.6 Å². The van der Waals surface area contributed by atoms with E-state index in [1.54, 1.807) is 6.07 Å². The molecule has 1 heterocycles. The molecule has 0 aromatic carbocycles. The Hall–Kier alpha value is 0.310. The third-order valence-electron chi connectivity index (χ3n) is 1.01. The maximum Gasteiger partial charge on any atom is 0.0738 e. The maximum atomic E-state index is 5.70. The summed E-state index contributed by atoms with van der Waals surface area (Å²) < 4.78 is 0. The highest BCUT2D eigenvalue weighted by Crippen LogP contribution is 2.19. The van der Waals surface area contributed by atoms with Gasteiger partial charge in [0, 0.05) is 6.20 Å². The standard InChI is InChI=1S/C6H4Cl3N.ClH/c7-2-6-5(9)1-4(8)3-10-6;/h1,3H,2H2;1H. The lowest BCUT2D eigenvalue weighted by Crippen LogP contribution is -1.84. The highest BCUT2D eigenvalue weighted by molar-refractivity contribution is 6.35. The molecular weight excluding hydrogens is 228 g/mol. The molecule has 0 unspecified atom stereocenters. The molecule has 1 aromatic rings. The van der Waals surface area contributed by atoms with Gasteiger partial charge in [-0.25, -0.2) is 0 Å². The largest absolute Gasteiger partial charge is 0.257 e. The molecule has 0 atom stereocenters. The fraction of sp³-hybridized carbons (Fsp3) is 0.167. The second-order valence-electron chi connectivity index (χ2n) is 1.72. The highest BCUT2D eigenvalue weighted by atomic mass is 35.5. The minimum atomic E-state index is 0. The molecule has 0 saturated heterocycles. The molecule has 62 valence electrons. The van der Waals surface area contributed by atoms with Gasteiger partial charge in [0.1, 0.15) is 0 Å². The van der Waals surface area contributed by atoms with Crippen LogP contribution in [0, 0.1) is 0 Å². The van der Waals surface area contributed by atoms with Crippen LogP contribution in [-0.2, 0) is 5.88 Å². The normalized spacial score (nSPS) is 9.00. The second-order valence-corrected chi connectivity index (χ2v) is 2.83. The van der Waals surface area contributed by atoms with E-state index in [0.717, 1.165) is 0 Å². The Morgan fingerprint density at radius 2 is 2.00 bits per heavy atom.